The number of benzene rings is 1. The molecule has 0 radical (unpaired) electrons. The molecule has 2 N–H and O–H groups in total. The first-order valence-electron chi connectivity index (χ1n) is 7.28. The summed E-state index contributed by atoms with van der Waals surface area (Å²) in [5.41, 5.74) is 2.76. The van der Waals surface area contributed by atoms with Gasteiger partial charge in [-0.1, -0.05) is 12.1 Å². The van der Waals surface area contributed by atoms with Gasteiger partial charge in [0, 0.05) is 29.6 Å². The number of amides is 1. The van der Waals surface area contributed by atoms with Gasteiger partial charge in [0.05, 0.1) is 5.56 Å². The van der Waals surface area contributed by atoms with Gasteiger partial charge < -0.3 is 10.6 Å². The highest BCUT2D eigenvalue weighted by Gasteiger charge is 2.14. The van der Waals surface area contributed by atoms with E-state index in [0.29, 0.717) is 5.56 Å². The van der Waals surface area contributed by atoms with Gasteiger partial charge in [-0.05, 0) is 49.9 Å². The van der Waals surface area contributed by atoms with Gasteiger partial charge in [0.1, 0.15) is 0 Å². The zero-order chi connectivity index (χ0) is 15.2. The van der Waals surface area contributed by atoms with E-state index in [9.17, 15) is 4.79 Å². The number of anilines is 1. The minimum absolute atomic E-state index is 0.0185. The third-order valence-corrected chi connectivity index (χ3v) is 4.15. The molecule has 0 saturated carbocycles. The number of aryl methyl sites for hydroxylation is 1. The van der Waals surface area contributed by atoms with E-state index in [0.717, 1.165) is 24.2 Å². The van der Waals surface area contributed by atoms with Gasteiger partial charge in [-0.3, -0.25) is 4.79 Å². The number of nitrogens with one attached hydrogen (secondary N) is 2. The van der Waals surface area contributed by atoms with Crippen molar-refractivity contribution in [2.45, 2.75) is 33.2 Å². The Morgan fingerprint density at radius 2 is 2.14 bits per heavy atom. The van der Waals surface area contributed by atoms with Gasteiger partial charge >= 0.3 is 0 Å². The molecular weight excluding hydrogens is 280 g/mol. The summed E-state index contributed by atoms with van der Waals surface area (Å²) >= 11 is 1.72. The molecule has 1 unspecified atom stereocenters. The van der Waals surface area contributed by atoms with Crippen molar-refractivity contribution >= 4 is 22.9 Å². The molecule has 3 nitrogen and oxygen atoms in total. The van der Waals surface area contributed by atoms with Crippen LogP contribution in [0, 0.1) is 6.92 Å². The van der Waals surface area contributed by atoms with Crippen molar-refractivity contribution in [1.29, 1.82) is 0 Å². The molecule has 1 heterocycles. The van der Waals surface area contributed by atoms with Gasteiger partial charge in [-0.2, -0.15) is 0 Å². The summed E-state index contributed by atoms with van der Waals surface area (Å²) in [6, 6.07) is 10.1. The molecular formula is C17H22N2OS. The molecule has 21 heavy (non-hydrogen) atoms. The first-order valence-corrected chi connectivity index (χ1v) is 8.16. The van der Waals surface area contributed by atoms with Crippen LogP contribution in [0.1, 0.15) is 34.6 Å². The highest BCUT2D eigenvalue weighted by atomic mass is 32.1. The van der Waals surface area contributed by atoms with E-state index in [-0.39, 0.29) is 11.9 Å². The largest absolute Gasteiger partial charge is 0.385 e. The molecule has 0 aliphatic carbocycles. The van der Waals surface area contributed by atoms with Crippen LogP contribution in [0.4, 0.5) is 5.69 Å². The average Bonchev–Trinajstić information content (AvgIpc) is 2.91. The van der Waals surface area contributed by atoms with Crippen LogP contribution >= 0.6 is 11.3 Å². The van der Waals surface area contributed by atoms with Crippen molar-refractivity contribution in [2.24, 2.45) is 0 Å². The minimum Gasteiger partial charge on any atom is -0.385 e. The zero-order valence-corrected chi connectivity index (χ0v) is 13.6. The fourth-order valence-corrected chi connectivity index (χ4v) is 3.11. The van der Waals surface area contributed by atoms with E-state index >= 15 is 0 Å². The molecule has 0 aliphatic heterocycles. The number of rotatable bonds is 6. The van der Waals surface area contributed by atoms with Crippen molar-refractivity contribution in [3.63, 3.8) is 0 Å². The third kappa shape index (κ3) is 4.33. The van der Waals surface area contributed by atoms with Crippen LogP contribution in [-0.4, -0.2) is 18.5 Å². The SMILES string of the molecule is CCNc1cc(C)ccc1C(=O)NC(C)Cc1cccs1. The molecule has 0 saturated heterocycles. The monoisotopic (exact) mass is 302 g/mol. The van der Waals surface area contributed by atoms with E-state index in [4.69, 9.17) is 0 Å². The Hall–Kier alpha value is -1.81. The minimum atomic E-state index is -0.0185. The number of thiophene rings is 1. The van der Waals surface area contributed by atoms with Crippen molar-refractivity contribution in [2.75, 3.05) is 11.9 Å². The van der Waals surface area contributed by atoms with Crippen LogP contribution in [0.3, 0.4) is 0 Å². The lowest BCUT2D eigenvalue weighted by Crippen LogP contribution is -2.34. The van der Waals surface area contributed by atoms with E-state index in [1.54, 1.807) is 11.3 Å². The van der Waals surface area contributed by atoms with Crippen LogP contribution in [0.5, 0.6) is 0 Å². The predicted molar refractivity (Wildman–Crippen MR) is 90.3 cm³/mol. The van der Waals surface area contributed by atoms with E-state index in [2.05, 4.69) is 22.1 Å². The highest BCUT2D eigenvalue weighted by molar-refractivity contribution is 7.09. The molecule has 0 fully saturated rings. The number of carbonyl (C=O) groups is 1. The maximum Gasteiger partial charge on any atom is 0.253 e. The Bertz CT molecular complexity index is 593. The first-order chi connectivity index (χ1) is 10.1. The molecule has 1 atom stereocenters. The van der Waals surface area contributed by atoms with Crippen LogP contribution in [-0.2, 0) is 6.42 Å². The van der Waals surface area contributed by atoms with Gasteiger partial charge in [0.25, 0.3) is 5.91 Å². The van der Waals surface area contributed by atoms with Crippen LogP contribution in [0.2, 0.25) is 0 Å². The lowest BCUT2D eigenvalue weighted by atomic mass is 10.1. The average molecular weight is 302 g/mol. The zero-order valence-electron chi connectivity index (χ0n) is 12.8. The fourth-order valence-electron chi connectivity index (χ4n) is 2.28. The quantitative estimate of drug-likeness (QED) is 0.851. The van der Waals surface area contributed by atoms with Crippen LogP contribution in [0.25, 0.3) is 0 Å². The molecule has 112 valence electrons. The summed E-state index contributed by atoms with van der Waals surface area (Å²) in [6.07, 6.45) is 0.867. The van der Waals surface area contributed by atoms with E-state index < -0.39 is 0 Å². The summed E-state index contributed by atoms with van der Waals surface area (Å²) < 4.78 is 0. The summed E-state index contributed by atoms with van der Waals surface area (Å²) in [7, 11) is 0. The number of carbonyl (C=O) groups excluding carboxylic acids is 1. The molecule has 1 aromatic heterocycles. The number of hydrogen-bond donors (Lipinski definition) is 2. The summed E-state index contributed by atoms with van der Waals surface area (Å²) in [5, 5.41) is 8.40. The normalized spacial score (nSPS) is 12.0. The van der Waals surface area contributed by atoms with Crippen molar-refractivity contribution < 1.29 is 4.79 Å². The van der Waals surface area contributed by atoms with Gasteiger partial charge in [0.2, 0.25) is 0 Å². The van der Waals surface area contributed by atoms with Gasteiger partial charge in [0.15, 0.2) is 0 Å². The molecule has 1 amide bonds. The highest BCUT2D eigenvalue weighted by Crippen LogP contribution is 2.18. The van der Waals surface area contributed by atoms with E-state index in [1.807, 2.05) is 45.0 Å². The Kier molecular flexibility index (Phi) is 5.39. The smallest absolute Gasteiger partial charge is 0.253 e. The van der Waals surface area contributed by atoms with Crippen molar-refractivity contribution in [1.82, 2.24) is 5.32 Å². The van der Waals surface area contributed by atoms with Crippen molar-refractivity contribution in [3.05, 3.63) is 51.7 Å². The summed E-state index contributed by atoms with van der Waals surface area (Å²) in [5.74, 6) is -0.0185. The Morgan fingerprint density at radius 1 is 1.33 bits per heavy atom. The molecule has 0 aliphatic rings. The lowest BCUT2D eigenvalue weighted by Gasteiger charge is -2.16. The molecule has 4 heteroatoms. The summed E-state index contributed by atoms with van der Waals surface area (Å²) in [4.78, 5) is 13.7. The molecule has 0 bridgehead atoms. The number of hydrogen-bond acceptors (Lipinski definition) is 3. The topological polar surface area (TPSA) is 41.1 Å². The lowest BCUT2D eigenvalue weighted by molar-refractivity contribution is 0.0941. The molecule has 1 aromatic carbocycles. The molecule has 0 spiro atoms. The van der Waals surface area contributed by atoms with Crippen molar-refractivity contribution in [3.8, 4) is 0 Å². The Morgan fingerprint density at radius 3 is 2.81 bits per heavy atom. The molecule has 2 aromatic rings. The first kappa shape index (κ1) is 15.6. The maximum atomic E-state index is 12.4. The van der Waals surface area contributed by atoms with E-state index in [1.165, 1.54) is 4.88 Å². The van der Waals surface area contributed by atoms with Crippen LogP contribution in [0.15, 0.2) is 35.7 Å². The molecule has 2 rings (SSSR count). The summed E-state index contributed by atoms with van der Waals surface area (Å²) in [6.45, 7) is 6.90. The predicted octanol–water partition coefficient (Wildman–Crippen LogP) is 3.85. The second-order valence-electron chi connectivity index (χ2n) is 5.24. The third-order valence-electron chi connectivity index (χ3n) is 3.25. The Balaban J connectivity index is 2.05. The van der Waals surface area contributed by atoms with Gasteiger partial charge in [-0.25, -0.2) is 0 Å². The second-order valence-corrected chi connectivity index (χ2v) is 6.27. The second kappa shape index (κ2) is 7.27. The Labute approximate surface area is 130 Å². The maximum absolute atomic E-state index is 12.4. The fraction of sp³-hybridized carbons (Fsp3) is 0.353. The standard InChI is InChI=1S/C17H22N2OS/c1-4-18-16-10-12(2)7-8-15(16)17(20)19-13(3)11-14-6-5-9-21-14/h5-10,13,18H,4,11H2,1-3H3,(H,19,20). The van der Waals surface area contributed by atoms with Crippen LogP contribution < -0.4 is 10.6 Å². The van der Waals surface area contributed by atoms with Gasteiger partial charge in [-0.15, -0.1) is 11.3 Å².